The van der Waals surface area contributed by atoms with Crippen LogP contribution in [0.1, 0.15) is 23.5 Å². The Hall–Kier alpha value is -2.28. The van der Waals surface area contributed by atoms with Crippen LogP contribution < -0.4 is 19.5 Å². The van der Waals surface area contributed by atoms with Crippen LogP contribution in [0.2, 0.25) is 0 Å². The number of rotatable bonds is 4. The lowest BCUT2D eigenvalue weighted by Crippen LogP contribution is -2.25. The maximum atomic E-state index is 14.5. The van der Waals surface area contributed by atoms with Gasteiger partial charge in [-0.25, -0.2) is 4.39 Å². The standard InChI is InChI=1S/C18H17BrFNO4/c1-23-14-8-13-16(18(25-3)17(14)24-2)11(7-15(22)21-13)10-6-9(19)4-5-12(10)20/h4-6,8,11H,7H2,1-3H3,(H,21,22). The van der Waals surface area contributed by atoms with Crippen molar-refractivity contribution in [1.29, 1.82) is 0 Å². The first-order valence-corrected chi connectivity index (χ1v) is 8.37. The van der Waals surface area contributed by atoms with Crippen LogP contribution in [-0.2, 0) is 4.79 Å². The fourth-order valence-corrected chi connectivity index (χ4v) is 3.54. The fourth-order valence-electron chi connectivity index (χ4n) is 3.16. The van der Waals surface area contributed by atoms with Crippen LogP contribution in [0, 0.1) is 5.82 Å². The van der Waals surface area contributed by atoms with E-state index in [0.717, 1.165) is 4.47 Å². The second-order valence-corrected chi connectivity index (χ2v) is 6.49. The molecule has 132 valence electrons. The Labute approximate surface area is 153 Å². The minimum absolute atomic E-state index is 0.103. The van der Waals surface area contributed by atoms with E-state index in [2.05, 4.69) is 21.2 Å². The van der Waals surface area contributed by atoms with Crippen molar-refractivity contribution in [1.82, 2.24) is 0 Å². The molecule has 3 rings (SSSR count). The number of ether oxygens (including phenoxy) is 3. The Morgan fingerprint density at radius 1 is 1.12 bits per heavy atom. The quantitative estimate of drug-likeness (QED) is 0.825. The van der Waals surface area contributed by atoms with Gasteiger partial charge in [-0.3, -0.25) is 4.79 Å². The highest BCUT2D eigenvalue weighted by Crippen LogP contribution is 2.51. The van der Waals surface area contributed by atoms with Gasteiger partial charge in [0.05, 0.1) is 27.0 Å². The molecule has 1 heterocycles. The Morgan fingerprint density at radius 3 is 2.48 bits per heavy atom. The number of hydrogen-bond donors (Lipinski definition) is 1. The molecule has 0 bridgehead atoms. The number of carbonyl (C=O) groups excluding carboxylic acids is 1. The van der Waals surface area contributed by atoms with Crippen molar-refractivity contribution in [2.45, 2.75) is 12.3 Å². The zero-order chi connectivity index (χ0) is 18.1. The first-order chi connectivity index (χ1) is 12.0. The topological polar surface area (TPSA) is 56.8 Å². The van der Waals surface area contributed by atoms with E-state index in [1.807, 2.05) is 0 Å². The summed E-state index contributed by atoms with van der Waals surface area (Å²) >= 11 is 3.36. The molecule has 0 saturated heterocycles. The van der Waals surface area contributed by atoms with Gasteiger partial charge in [-0.15, -0.1) is 0 Å². The lowest BCUT2D eigenvalue weighted by Gasteiger charge is -2.29. The lowest BCUT2D eigenvalue weighted by molar-refractivity contribution is -0.116. The van der Waals surface area contributed by atoms with E-state index in [9.17, 15) is 9.18 Å². The molecular formula is C18H17BrFNO4. The molecule has 1 N–H and O–H groups in total. The number of anilines is 1. The number of hydrogen-bond acceptors (Lipinski definition) is 4. The Morgan fingerprint density at radius 2 is 1.84 bits per heavy atom. The average Bonchev–Trinajstić information content (AvgIpc) is 2.61. The van der Waals surface area contributed by atoms with Crippen LogP contribution in [0.15, 0.2) is 28.7 Å². The molecule has 0 fully saturated rings. The number of carbonyl (C=O) groups is 1. The number of benzene rings is 2. The van der Waals surface area contributed by atoms with Gasteiger partial charge in [0.2, 0.25) is 11.7 Å². The molecule has 7 heteroatoms. The zero-order valence-corrected chi connectivity index (χ0v) is 15.6. The van der Waals surface area contributed by atoms with Gasteiger partial charge in [-0.2, -0.15) is 0 Å². The molecule has 2 aromatic rings. The molecular weight excluding hydrogens is 393 g/mol. The third-order valence-corrected chi connectivity index (χ3v) is 4.71. The third-order valence-electron chi connectivity index (χ3n) is 4.21. The number of halogens is 2. The number of nitrogens with one attached hydrogen (secondary N) is 1. The Balaban J connectivity index is 2.29. The molecule has 5 nitrogen and oxygen atoms in total. The smallest absolute Gasteiger partial charge is 0.225 e. The molecule has 1 amide bonds. The van der Waals surface area contributed by atoms with Gasteiger partial charge in [0.25, 0.3) is 0 Å². The highest BCUT2D eigenvalue weighted by atomic mass is 79.9. The normalized spacial score (nSPS) is 16.0. The molecule has 0 aromatic heterocycles. The summed E-state index contributed by atoms with van der Waals surface area (Å²) in [6.45, 7) is 0. The van der Waals surface area contributed by atoms with Gasteiger partial charge in [0.15, 0.2) is 11.5 Å². The third kappa shape index (κ3) is 3.04. The molecule has 0 radical (unpaired) electrons. The van der Waals surface area contributed by atoms with E-state index in [1.165, 1.54) is 27.4 Å². The number of methoxy groups -OCH3 is 3. The molecule has 1 unspecified atom stereocenters. The molecule has 1 atom stereocenters. The largest absolute Gasteiger partial charge is 0.493 e. The maximum Gasteiger partial charge on any atom is 0.225 e. The minimum Gasteiger partial charge on any atom is -0.493 e. The van der Waals surface area contributed by atoms with E-state index in [1.54, 1.807) is 18.2 Å². The van der Waals surface area contributed by atoms with E-state index in [4.69, 9.17) is 14.2 Å². The number of amides is 1. The first kappa shape index (κ1) is 17.5. The summed E-state index contributed by atoms with van der Waals surface area (Å²) in [6, 6.07) is 6.34. The zero-order valence-electron chi connectivity index (χ0n) is 14.0. The maximum absolute atomic E-state index is 14.5. The molecule has 2 aromatic carbocycles. The summed E-state index contributed by atoms with van der Waals surface area (Å²) in [7, 11) is 4.50. The SMILES string of the molecule is COc1cc2c(c(OC)c1OC)C(c1cc(Br)ccc1F)CC(=O)N2. The van der Waals surface area contributed by atoms with Gasteiger partial charge in [-0.05, 0) is 23.8 Å². The number of fused-ring (bicyclic) bond motifs is 1. The van der Waals surface area contributed by atoms with Crippen LogP contribution in [0.3, 0.4) is 0 Å². The van der Waals surface area contributed by atoms with Crippen molar-refractivity contribution in [3.8, 4) is 17.2 Å². The summed E-state index contributed by atoms with van der Waals surface area (Å²) < 4.78 is 31.5. The predicted molar refractivity (Wildman–Crippen MR) is 95.3 cm³/mol. The monoisotopic (exact) mass is 409 g/mol. The predicted octanol–water partition coefficient (Wildman–Crippen LogP) is 4.09. The van der Waals surface area contributed by atoms with E-state index < -0.39 is 5.92 Å². The average molecular weight is 410 g/mol. The molecule has 0 spiro atoms. The van der Waals surface area contributed by atoms with Crippen molar-refractivity contribution >= 4 is 27.5 Å². The minimum atomic E-state index is -0.504. The van der Waals surface area contributed by atoms with Crippen LogP contribution in [0.4, 0.5) is 10.1 Å². The summed E-state index contributed by atoms with van der Waals surface area (Å²) in [5, 5.41) is 2.81. The summed E-state index contributed by atoms with van der Waals surface area (Å²) in [5.74, 6) is 0.156. The molecule has 0 aliphatic carbocycles. The Kier molecular flexibility index (Phi) is 4.85. The van der Waals surface area contributed by atoms with Crippen LogP contribution in [-0.4, -0.2) is 27.2 Å². The van der Waals surface area contributed by atoms with Crippen molar-refractivity contribution < 1.29 is 23.4 Å². The van der Waals surface area contributed by atoms with Crippen molar-refractivity contribution in [2.75, 3.05) is 26.6 Å². The van der Waals surface area contributed by atoms with Gasteiger partial charge in [-0.1, -0.05) is 15.9 Å². The molecule has 0 saturated carbocycles. The van der Waals surface area contributed by atoms with Gasteiger partial charge >= 0.3 is 0 Å². The van der Waals surface area contributed by atoms with Crippen LogP contribution in [0.25, 0.3) is 0 Å². The van der Waals surface area contributed by atoms with Crippen molar-refractivity contribution in [2.24, 2.45) is 0 Å². The molecule has 1 aliphatic rings. The van der Waals surface area contributed by atoms with Gasteiger partial charge < -0.3 is 19.5 Å². The fraction of sp³-hybridized carbons (Fsp3) is 0.278. The first-order valence-electron chi connectivity index (χ1n) is 7.57. The van der Waals surface area contributed by atoms with Gasteiger partial charge in [0.1, 0.15) is 5.82 Å². The second kappa shape index (κ2) is 6.92. The molecule has 1 aliphatic heterocycles. The summed E-state index contributed by atoms with van der Waals surface area (Å²) in [6.07, 6.45) is 0.103. The van der Waals surface area contributed by atoms with Crippen molar-refractivity contribution in [3.05, 3.63) is 45.7 Å². The van der Waals surface area contributed by atoms with E-state index in [-0.39, 0.29) is 18.1 Å². The highest BCUT2D eigenvalue weighted by Gasteiger charge is 2.34. The van der Waals surface area contributed by atoms with Crippen LogP contribution in [0.5, 0.6) is 17.2 Å². The van der Waals surface area contributed by atoms with E-state index in [0.29, 0.717) is 34.1 Å². The Bertz CT molecular complexity index is 840. The highest BCUT2D eigenvalue weighted by molar-refractivity contribution is 9.10. The molecule has 25 heavy (non-hydrogen) atoms. The lowest BCUT2D eigenvalue weighted by atomic mass is 9.83. The van der Waals surface area contributed by atoms with Gasteiger partial charge in [0, 0.05) is 28.4 Å². The van der Waals surface area contributed by atoms with Crippen LogP contribution >= 0.6 is 15.9 Å². The summed E-state index contributed by atoms with van der Waals surface area (Å²) in [4.78, 5) is 12.2. The summed E-state index contributed by atoms with van der Waals surface area (Å²) in [5.41, 5.74) is 1.60. The second-order valence-electron chi connectivity index (χ2n) is 5.58. The van der Waals surface area contributed by atoms with E-state index >= 15 is 0 Å². The van der Waals surface area contributed by atoms with Crippen molar-refractivity contribution in [3.63, 3.8) is 0 Å².